The first kappa shape index (κ1) is 16.1. The van der Waals surface area contributed by atoms with Crippen LogP contribution in [0.15, 0.2) is 36.4 Å². The molecule has 1 aliphatic heterocycles. The molecule has 0 unspecified atom stereocenters. The molecule has 1 saturated heterocycles. The Morgan fingerprint density at radius 1 is 0.917 bits per heavy atom. The zero-order chi connectivity index (χ0) is 17.1. The third-order valence-electron chi connectivity index (χ3n) is 4.14. The summed E-state index contributed by atoms with van der Waals surface area (Å²) in [7, 11) is 0. The van der Waals surface area contributed by atoms with Gasteiger partial charge in [-0.2, -0.15) is 10.5 Å². The van der Waals surface area contributed by atoms with Crippen molar-refractivity contribution >= 4 is 23.0 Å². The molecule has 120 valence electrons. The highest BCUT2D eigenvalue weighted by Gasteiger charge is 2.22. The van der Waals surface area contributed by atoms with Crippen LogP contribution in [0.25, 0.3) is 0 Å². The summed E-state index contributed by atoms with van der Waals surface area (Å²) in [5.41, 5.74) is 2.09. The van der Waals surface area contributed by atoms with Crippen LogP contribution in [-0.4, -0.2) is 26.2 Å². The Balaban J connectivity index is 1.79. The van der Waals surface area contributed by atoms with E-state index in [0.29, 0.717) is 42.5 Å². The summed E-state index contributed by atoms with van der Waals surface area (Å²) in [4.78, 5) is 4.11. The van der Waals surface area contributed by atoms with Crippen molar-refractivity contribution in [3.63, 3.8) is 0 Å². The fraction of sp³-hybridized carbons (Fsp3) is 0.222. The lowest BCUT2D eigenvalue weighted by Gasteiger charge is -2.38. The van der Waals surface area contributed by atoms with E-state index in [-0.39, 0.29) is 5.56 Å². The lowest BCUT2D eigenvalue weighted by molar-refractivity contribution is 0.616. The highest BCUT2D eigenvalue weighted by atomic mass is 35.5. The number of piperazine rings is 1. The molecule has 1 aliphatic rings. The number of rotatable bonds is 2. The number of benzene rings is 2. The smallest absolute Gasteiger partial charge is 0.143 e. The minimum atomic E-state index is -0.498. The van der Waals surface area contributed by atoms with Crippen molar-refractivity contribution < 1.29 is 4.39 Å². The van der Waals surface area contributed by atoms with Crippen LogP contribution >= 0.6 is 11.6 Å². The predicted octanol–water partition coefficient (Wildman–Crippen LogP) is 3.55. The van der Waals surface area contributed by atoms with E-state index in [1.807, 2.05) is 17.0 Å². The van der Waals surface area contributed by atoms with Gasteiger partial charge in [-0.3, -0.25) is 0 Å². The SMILES string of the molecule is N#Cc1cc(Cl)ccc1N1CCN(c2cccc(F)c2C#N)CC1. The Bertz CT molecular complexity index is 845. The van der Waals surface area contributed by atoms with Gasteiger partial charge in [0.15, 0.2) is 0 Å². The molecule has 0 saturated carbocycles. The van der Waals surface area contributed by atoms with Gasteiger partial charge in [0.05, 0.1) is 16.9 Å². The standard InChI is InChI=1S/C18H14ClFN4/c19-14-4-5-17(13(10-14)11-21)23-6-8-24(9-7-23)18-3-1-2-16(20)15(18)12-22/h1-5,10H,6-9H2. The monoisotopic (exact) mass is 340 g/mol. The summed E-state index contributed by atoms with van der Waals surface area (Å²) in [6.45, 7) is 2.65. The molecular formula is C18H14ClFN4. The second kappa shape index (κ2) is 6.78. The Morgan fingerprint density at radius 2 is 1.58 bits per heavy atom. The van der Waals surface area contributed by atoms with Crippen LogP contribution in [-0.2, 0) is 0 Å². The number of anilines is 2. The Morgan fingerprint density at radius 3 is 2.21 bits per heavy atom. The number of nitrogens with zero attached hydrogens (tertiary/aromatic N) is 4. The fourth-order valence-corrected chi connectivity index (χ4v) is 3.12. The average molecular weight is 341 g/mol. The molecule has 0 atom stereocenters. The first-order valence-corrected chi connectivity index (χ1v) is 7.90. The molecule has 0 aromatic heterocycles. The van der Waals surface area contributed by atoms with E-state index >= 15 is 0 Å². The first-order valence-electron chi connectivity index (χ1n) is 7.52. The minimum absolute atomic E-state index is 0.0788. The summed E-state index contributed by atoms with van der Waals surface area (Å²) in [6, 6.07) is 14.1. The van der Waals surface area contributed by atoms with E-state index in [1.54, 1.807) is 24.3 Å². The average Bonchev–Trinajstić information content (AvgIpc) is 2.61. The van der Waals surface area contributed by atoms with Crippen molar-refractivity contribution in [2.75, 3.05) is 36.0 Å². The molecule has 2 aromatic rings. The number of hydrogen-bond acceptors (Lipinski definition) is 4. The zero-order valence-corrected chi connectivity index (χ0v) is 13.6. The maximum absolute atomic E-state index is 13.8. The molecule has 0 spiro atoms. The van der Waals surface area contributed by atoms with Crippen molar-refractivity contribution in [1.82, 2.24) is 0 Å². The van der Waals surface area contributed by atoms with Crippen LogP contribution in [0.4, 0.5) is 15.8 Å². The normalized spacial score (nSPS) is 14.2. The van der Waals surface area contributed by atoms with Gasteiger partial charge in [-0.25, -0.2) is 4.39 Å². The molecule has 0 amide bonds. The number of hydrogen-bond donors (Lipinski definition) is 0. The predicted molar refractivity (Wildman–Crippen MR) is 91.7 cm³/mol. The van der Waals surface area contributed by atoms with Gasteiger partial charge < -0.3 is 9.80 Å². The molecule has 1 fully saturated rings. The zero-order valence-electron chi connectivity index (χ0n) is 12.8. The molecule has 2 aromatic carbocycles. The van der Waals surface area contributed by atoms with Crippen LogP contribution < -0.4 is 9.80 Å². The van der Waals surface area contributed by atoms with Gasteiger partial charge in [0.2, 0.25) is 0 Å². The second-order valence-corrected chi connectivity index (χ2v) is 5.93. The quantitative estimate of drug-likeness (QED) is 0.839. The summed E-state index contributed by atoms with van der Waals surface area (Å²) >= 11 is 5.94. The van der Waals surface area contributed by atoms with Gasteiger partial charge in [-0.15, -0.1) is 0 Å². The fourth-order valence-electron chi connectivity index (χ4n) is 2.95. The van der Waals surface area contributed by atoms with Crippen molar-refractivity contribution in [2.24, 2.45) is 0 Å². The molecule has 1 heterocycles. The molecule has 3 rings (SSSR count). The molecule has 24 heavy (non-hydrogen) atoms. The van der Waals surface area contributed by atoms with Gasteiger partial charge in [0.1, 0.15) is 23.5 Å². The molecule has 6 heteroatoms. The van der Waals surface area contributed by atoms with Crippen LogP contribution in [0.5, 0.6) is 0 Å². The summed E-state index contributed by atoms with van der Waals surface area (Å²) in [5.74, 6) is -0.498. The molecule has 0 N–H and O–H groups in total. The minimum Gasteiger partial charge on any atom is -0.367 e. The van der Waals surface area contributed by atoms with Gasteiger partial charge >= 0.3 is 0 Å². The maximum atomic E-state index is 13.8. The van der Waals surface area contributed by atoms with Gasteiger partial charge in [0.25, 0.3) is 0 Å². The number of halogens is 2. The molecule has 0 radical (unpaired) electrons. The van der Waals surface area contributed by atoms with E-state index < -0.39 is 5.82 Å². The lowest BCUT2D eigenvalue weighted by atomic mass is 10.1. The van der Waals surface area contributed by atoms with Crippen LogP contribution in [0, 0.1) is 28.5 Å². The maximum Gasteiger partial charge on any atom is 0.143 e. The van der Waals surface area contributed by atoms with Crippen molar-refractivity contribution in [3.05, 3.63) is 58.4 Å². The van der Waals surface area contributed by atoms with E-state index in [0.717, 1.165) is 5.69 Å². The van der Waals surface area contributed by atoms with Gasteiger partial charge in [-0.05, 0) is 30.3 Å². The van der Waals surface area contributed by atoms with E-state index in [1.165, 1.54) is 6.07 Å². The third kappa shape index (κ3) is 2.99. The van der Waals surface area contributed by atoms with Crippen molar-refractivity contribution in [2.45, 2.75) is 0 Å². The largest absolute Gasteiger partial charge is 0.367 e. The summed E-state index contributed by atoms with van der Waals surface area (Å²) in [6.07, 6.45) is 0. The highest BCUT2D eigenvalue weighted by molar-refractivity contribution is 6.30. The highest BCUT2D eigenvalue weighted by Crippen LogP contribution is 2.28. The van der Waals surface area contributed by atoms with Gasteiger partial charge in [0, 0.05) is 31.2 Å². The van der Waals surface area contributed by atoms with Crippen molar-refractivity contribution in [1.29, 1.82) is 10.5 Å². The lowest BCUT2D eigenvalue weighted by Crippen LogP contribution is -2.47. The van der Waals surface area contributed by atoms with E-state index in [4.69, 9.17) is 11.6 Å². The molecular weight excluding hydrogens is 327 g/mol. The molecule has 0 aliphatic carbocycles. The topological polar surface area (TPSA) is 54.1 Å². The first-order chi connectivity index (χ1) is 11.6. The summed E-state index contributed by atoms with van der Waals surface area (Å²) < 4.78 is 13.8. The Labute approximate surface area is 144 Å². The summed E-state index contributed by atoms with van der Waals surface area (Å²) in [5, 5.41) is 19.0. The molecule has 0 bridgehead atoms. The van der Waals surface area contributed by atoms with Crippen molar-refractivity contribution in [3.8, 4) is 12.1 Å². The Hall–Kier alpha value is -2.76. The van der Waals surface area contributed by atoms with Crippen LogP contribution in [0.1, 0.15) is 11.1 Å². The Kier molecular flexibility index (Phi) is 4.55. The van der Waals surface area contributed by atoms with Crippen LogP contribution in [0.2, 0.25) is 5.02 Å². The second-order valence-electron chi connectivity index (χ2n) is 5.49. The molecule has 4 nitrogen and oxygen atoms in total. The van der Waals surface area contributed by atoms with Crippen LogP contribution in [0.3, 0.4) is 0 Å². The van der Waals surface area contributed by atoms with Gasteiger partial charge in [-0.1, -0.05) is 17.7 Å². The number of nitriles is 2. The van der Waals surface area contributed by atoms with E-state index in [9.17, 15) is 14.9 Å². The third-order valence-corrected chi connectivity index (χ3v) is 4.38. The van der Waals surface area contributed by atoms with E-state index in [2.05, 4.69) is 11.0 Å².